The van der Waals surface area contributed by atoms with E-state index in [9.17, 15) is 4.79 Å². The molecule has 0 spiro atoms. The lowest BCUT2D eigenvalue weighted by atomic mass is 10.1. The van der Waals surface area contributed by atoms with Gasteiger partial charge in [0.25, 0.3) is 0 Å². The molecular weight excluding hydrogens is 296 g/mol. The molecule has 0 heterocycles. The predicted octanol–water partition coefficient (Wildman–Crippen LogP) is 3.30. The van der Waals surface area contributed by atoms with Gasteiger partial charge >= 0.3 is 0 Å². The zero-order chi connectivity index (χ0) is 14.7. The van der Waals surface area contributed by atoms with E-state index in [1.165, 1.54) is 0 Å². The van der Waals surface area contributed by atoms with Crippen molar-refractivity contribution in [3.8, 4) is 0 Å². The van der Waals surface area contributed by atoms with Crippen LogP contribution in [0.3, 0.4) is 0 Å². The summed E-state index contributed by atoms with van der Waals surface area (Å²) in [5.41, 5.74) is 8.19. The summed E-state index contributed by atoms with van der Waals surface area (Å²) in [6.45, 7) is 0.644. The van der Waals surface area contributed by atoms with Crippen LogP contribution in [-0.4, -0.2) is 16.8 Å². The molecule has 3 nitrogen and oxygen atoms in total. The molecule has 1 aliphatic carbocycles. The van der Waals surface area contributed by atoms with Crippen LogP contribution in [0.4, 0.5) is 0 Å². The van der Waals surface area contributed by atoms with Crippen molar-refractivity contribution in [1.82, 2.24) is 4.90 Å². The standard InChI is InChI=1S/C18H20N2O.ClH/c19-17(15-9-5-2-6-10-15)18(21)20(16-11-12-16)13-14-7-3-1-4-8-14;/h1-10,16-17H,11-13,19H2;1H. The molecule has 3 rings (SSSR count). The molecule has 0 aliphatic heterocycles. The van der Waals surface area contributed by atoms with Gasteiger partial charge in [0, 0.05) is 12.6 Å². The molecule has 2 N–H and O–H groups in total. The van der Waals surface area contributed by atoms with Gasteiger partial charge in [-0.25, -0.2) is 0 Å². The molecule has 1 amide bonds. The van der Waals surface area contributed by atoms with Crippen molar-refractivity contribution in [3.05, 3.63) is 71.8 Å². The second kappa shape index (κ2) is 7.43. The van der Waals surface area contributed by atoms with Gasteiger partial charge in [0.05, 0.1) is 0 Å². The molecule has 1 aliphatic rings. The lowest BCUT2D eigenvalue weighted by Crippen LogP contribution is -2.39. The van der Waals surface area contributed by atoms with Crippen molar-refractivity contribution in [1.29, 1.82) is 0 Å². The number of nitrogens with zero attached hydrogens (tertiary/aromatic N) is 1. The lowest BCUT2D eigenvalue weighted by molar-refractivity contribution is -0.134. The first kappa shape index (κ1) is 16.5. The maximum Gasteiger partial charge on any atom is 0.244 e. The van der Waals surface area contributed by atoms with E-state index in [0.717, 1.165) is 24.0 Å². The average Bonchev–Trinajstić information content (AvgIpc) is 3.38. The second-order valence-corrected chi connectivity index (χ2v) is 5.57. The van der Waals surface area contributed by atoms with E-state index in [0.29, 0.717) is 12.6 Å². The van der Waals surface area contributed by atoms with Crippen molar-refractivity contribution in [2.75, 3.05) is 0 Å². The maximum absolute atomic E-state index is 12.7. The number of amides is 1. The molecule has 0 saturated heterocycles. The highest BCUT2D eigenvalue weighted by molar-refractivity contribution is 5.85. The third-order valence-electron chi connectivity index (χ3n) is 3.89. The summed E-state index contributed by atoms with van der Waals surface area (Å²) in [6.07, 6.45) is 2.17. The van der Waals surface area contributed by atoms with E-state index in [1.54, 1.807) is 0 Å². The van der Waals surface area contributed by atoms with Gasteiger partial charge in [-0.2, -0.15) is 0 Å². The van der Waals surface area contributed by atoms with Gasteiger partial charge in [-0.05, 0) is 24.0 Å². The van der Waals surface area contributed by atoms with Crippen molar-refractivity contribution in [3.63, 3.8) is 0 Å². The third-order valence-corrected chi connectivity index (χ3v) is 3.89. The Balaban J connectivity index is 0.00000176. The Hall–Kier alpha value is -1.84. The fourth-order valence-electron chi connectivity index (χ4n) is 2.53. The Morgan fingerprint density at radius 1 is 1.05 bits per heavy atom. The summed E-state index contributed by atoms with van der Waals surface area (Å²) in [4.78, 5) is 14.7. The number of hydrogen-bond donors (Lipinski definition) is 1. The summed E-state index contributed by atoms with van der Waals surface area (Å²) < 4.78 is 0. The maximum atomic E-state index is 12.7. The van der Waals surface area contributed by atoms with Crippen LogP contribution < -0.4 is 5.73 Å². The van der Waals surface area contributed by atoms with Crippen molar-refractivity contribution in [2.45, 2.75) is 31.5 Å². The highest BCUT2D eigenvalue weighted by Gasteiger charge is 2.35. The molecule has 0 aromatic heterocycles. The first-order chi connectivity index (χ1) is 10.3. The lowest BCUT2D eigenvalue weighted by Gasteiger charge is -2.26. The van der Waals surface area contributed by atoms with E-state index < -0.39 is 6.04 Å². The number of carbonyl (C=O) groups excluding carboxylic acids is 1. The molecule has 1 saturated carbocycles. The van der Waals surface area contributed by atoms with Crippen molar-refractivity contribution in [2.24, 2.45) is 5.73 Å². The highest BCUT2D eigenvalue weighted by atomic mass is 35.5. The average molecular weight is 317 g/mol. The van der Waals surface area contributed by atoms with E-state index in [1.807, 2.05) is 53.4 Å². The zero-order valence-electron chi connectivity index (χ0n) is 12.4. The highest BCUT2D eigenvalue weighted by Crippen LogP contribution is 2.30. The molecule has 2 aromatic rings. The van der Waals surface area contributed by atoms with E-state index in [4.69, 9.17) is 5.73 Å². The minimum atomic E-state index is -0.574. The van der Waals surface area contributed by atoms with Crippen LogP contribution in [0.5, 0.6) is 0 Å². The Morgan fingerprint density at radius 2 is 1.59 bits per heavy atom. The Bertz CT molecular complexity index is 599. The van der Waals surface area contributed by atoms with Crippen LogP contribution >= 0.6 is 12.4 Å². The van der Waals surface area contributed by atoms with Crippen LogP contribution in [0, 0.1) is 0 Å². The van der Waals surface area contributed by atoms with Gasteiger partial charge in [-0.15, -0.1) is 12.4 Å². The fraction of sp³-hybridized carbons (Fsp3) is 0.278. The summed E-state index contributed by atoms with van der Waals surface area (Å²) in [5, 5.41) is 0. The van der Waals surface area contributed by atoms with Gasteiger partial charge in [0.1, 0.15) is 6.04 Å². The molecule has 0 bridgehead atoms. The van der Waals surface area contributed by atoms with Crippen LogP contribution in [0.15, 0.2) is 60.7 Å². The molecule has 0 radical (unpaired) electrons. The van der Waals surface area contributed by atoms with E-state index >= 15 is 0 Å². The quantitative estimate of drug-likeness (QED) is 0.920. The molecule has 1 fully saturated rings. The zero-order valence-corrected chi connectivity index (χ0v) is 13.2. The predicted molar refractivity (Wildman–Crippen MR) is 90.6 cm³/mol. The monoisotopic (exact) mass is 316 g/mol. The van der Waals surface area contributed by atoms with Crippen LogP contribution in [0.1, 0.15) is 30.0 Å². The summed E-state index contributed by atoms with van der Waals surface area (Å²) in [7, 11) is 0. The Kier molecular flexibility index (Phi) is 5.58. The molecule has 22 heavy (non-hydrogen) atoms. The number of benzene rings is 2. The van der Waals surface area contributed by atoms with E-state index in [2.05, 4.69) is 12.1 Å². The molecular formula is C18H21ClN2O. The first-order valence-corrected chi connectivity index (χ1v) is 7.40. The third kappa shape index (κ3) is 3.87. The minimum Gasteiger partial charge on any atom is -0.334 e. The fourth-order valence-corrected chi connectivity index (χ4v) is 2.53. The molecule has 4 heteroatoms. The normalized spacial score (nSPS) is 14.8. The van der Waals surface area contributed by atoms with Crippen molar-refractivity contribution < 1.29 is 4.79 Å². The summed E-state index contributed by atoms with van der Waals surface area (Å²) in [6, 6.07) is 19.5. The van der Waals surface area contributed by atoms with Crippen LogP contribution in [-0.2, 0) is 11.3 Å². The van der Waals surface area contributed by atoms with Gasteiger partial charge in [0.15, 0.2) is 0 Å². The van der Waals surface area contributed by atoms with Gasteiger partial charge < -0.3 is 10.6 Å². The van der Waals surface area contributed by atoms with Gasteiger partial charge in [0.2, 0.25) is 5.91 Å². The largest absolute Gasteiger partial charge is 0.334 e. The molecule has 1 unspecified atom stereocenters. The Morgan fingerprint density at radius 3 is 2.14 bits per heavy atom. The van der Waals surface area contributed by atoms with Gasteiger partial charge in [-0.1, -0.05) is 60.7 Å². The van der Waals surface area contributed by atoms with E-state index in [-0.39, 0.29) is 18.3 Å². The summed E-state index contributed by atoms with van der Waals surface area (Å²) >= 11 is 0. The molecule has 2 aromatic carbocycles. The number of carbonyl (C=O) groups is 1. The van der Waals surface area contributed by atoms with Crippen LogP contribution in [0.2, 0.25) is 0 Å². The topological polar surface area (TPSA) is 46.3 Å². The summed E-state index contributed by atoms with van der Waals surface area (Å²) in [5.74, 6) is 0.0209. The van der Waals surface area contributed by atoms with Crippen LogP contribution in [0.25, 0.3) is 0 Å². The van der Waals surface area contributed by atoms with Gasteiger partial charge in [-0.3, -0.25) is 4.79 Å². The number of halogens is 1. The number of nitrogens with two attached hydrogens (primary N) is 1. The smallest absolute Gasteiger partial charge is 0.244 e. The minimum absolute atomic E-state index is 0. The molecule has 116 valence electrons. The number of rotatable bonds is 5. The molecule has 1 atom stereocenters. The first-order valence-electron chi connectivity index (χ1n) is 7.40. The number of hydrogen-bond acceptors (Lipinski definition) is 2. The Labute approximate surface area is 137 Å². The SMILES string of the molecule is Cl.NC(C(=O)N(Cc1ccccc1)C1CC1)c1ccccc1. The second-order valence-electron chi connectivity index (χ2n) is 5.57. The van der Waals surface area contributed by atoms with Crippen molar-refractivity contribution >= 4 is 18.3 Å².